The molecule has 33 heavy (non-hydrogen) atoms. The summed E-state index contributed by atoms with van der Waals surface area (Å²) in [4.78, 5) is 0. The first kappa shape index (κ1) is 32.6. The Balaban J connectivity index is 6.05. The monoisotopic (exact) mass is 508 g/mol. The van der Waals surface area contributed by atoms with Crippen molar-refractivity contribution in [3.63, 3.8) is 0 Å². The van der Waals surface area contributed by atoms with Crippen molar-refractivity contribution in [1.82, 2.24) is 0 Å². The van der Waals surface area contributed by atoms with E-state index in [1.165, 1.54) is 19.3 Å². The van der Waals surface area contributed by atoms with Gasteiger partial charge in [0.05, 0.1) is 12.2 Å². The molecule has 0 aromatic heterocycles. The van der Waals surface area contributed by atoms with Crippen LogP contribution < -0.4 is 0 Å². The third-order valence-corrected chi connectivity index (χ3v) is 16.9. The second-order valence-corrected chi connectivity index (χ2v) is 27.8. The first-order valence-electron chi connectivity index (χ1n) is 13.0. The highest BCUT2D eigenvalue weighted by Crippen LogP contribution is 2.41. The quantitative estimate of drug-likeness (QED) is 0.120. The van der Waals surface area contributed by atoms with Crippen molar-refractivity contribution >= 4 is 24.7 Å². The average Bonchev–Trinajstić information content (AvgIpc) is 2.59. The minimum absolute atomic E-state index is 0.0357. The van der Waals surface area contributed by atoms with Gasteiger partial charge in [-0.05, 0) is 48.8 Å². The van der Waals surface area contributed by atoms with Crippen LogP contribution in [0.1, 0.15) is 74.1 Å². The van der Waals surface area contributed by atoms with Crippen molar-refractivity contribution in [3.05, 3.63) is 24.3 Å². The molecule has 0 fully saturated rings. The molecule has 0 saturated heterocycles. The van der Waals surface area contributed by atoms with Gasteiger partial charge in [-0.3, -0.25) is 0 Å². The fourth-order valence-corrected chi connectivity index (χ4v) is 5.88. The van der Waals surface area contributed by atoms with E-state index in [4.69, 9.17) is 8.85 Å². The van der Waals surface area contributed by atoms with Crippen molar-refractivity contribution < 1.29 is 8.85 Å². The van der Waals surface area contributed by atoms with Crippen LogP contribution >= 0.6 is 0 Å². The van der Waals surface area contributed by atoms with Gasteiger partial charge in [0, 0.05) is 0 Å². The second kappa shape index (κ2) is 13.1. The molecule has 0 aromatic rings. The van der Waals surface area contributed by atoms with E-state index >= 15 is 0 Å². The summed E-state index contributed by atoms with van der Waals surface area (Å²) in [6.45, 7) is 32.4. The third kappa shape index (κ3) is 12.8. The molecule has 0 N–H and O–H groups in total. The van der Waals surface area contributed by atoms with Crippen LogP contribution in [-0.4, -0.2) is 36.9 Å². The standard InChI is InChI=1S/C28H56O2Si3/c1-15-16-19-22-25(29-32(11,12)27(2,3)4)26(30-33(13,14)28(5,6)7)23-20-17-18-21-24-31(8,9)10/h17-18,20,23,25-26H,15-16,19,22H2,1-14H3/t25-,26+/m0/s1. The zero-order chi connectivity index (χ0) is 26.1. The minimum atomic E-state index is -1.96. The zero-order valence-corrected chi connectivity index (χ0v) is 27.6. The molecule has 2 nitrogen and oxygen atoms in total. The van der Waals surface area contributed by atoms with Gasteiger partial charge >= 0.3 is 0 Å². The smallest absolute Gasteiger partial charge is 0.193 e. The molecule has 192 valence electrons. The molecule has 0 rings (SSSR count). The maximum atomic E-state index is 7.03. The second-order valence-electron chi connectivity index (χ2n) is 13.5. The molecule has 0 heterocycles. The number of allylic oxidation sites excluding steroid dienone is 3. The molecule has 2 atom stereocenters. The van der Waals surface area contributed by atoms with Gasteiger partial charge in [-0.1, -0.05) is 112 Å². The molecule has 0 saturated carbocycles. The largest absolute Gasteiger partial charge is 0.411 e. The average molecular weight is 509 g/mol. The lowest BCUT2D eigenvalue weighted by molar-refractivity contribution is 0.0559. The molecule has 0 unspecified atom stereocenters. The van der Waals surface area contributed by atoms with Crippen LogP contribution in [0, 0.1) is 11.5 Å². The Morgan fingerprint density at radius 3 is 1.73 bits per heavy atom. The Hall–Kier alpha value is -0.389. The number of rotatable bonds is 11. The lowest BCUT2D eigenvalue weighted by Crippen LogP contribution is -2.51. The van der Waals surface area contributed by atoms with Gasteiger partial charge in [0.2, 0.25) is 0 Å². The van der Waals surface area contributed by atoms with E-state index in [1.807, 2.05) is 6.08 Å². The fourth-order valence-electron chi connectivity index (χ4n) is 2.73. The maximum absolute atomic E-state index is 7.03. The highest BCUT2D eigenvalue weighted by atomic mass is 28.4. The van der Waals surface area contributed by atoms with Crippen LogP contribution in [0.3, 0.4) is 0 Å². The van der Waals surface area contributed by atoms with Crippen LogP contribution in [0.4, 0.5) is 0 Å². The van der Waals surface area contributed by atoms with E-state index in [2.05, 4.69) is 124 Å². The topological polar surface area (TPSA) is 18.5 Å². The lowest BCUT2D eigenvalue weighted by Gasteiger charge is -2.44. The summed E-state index contributed by atoms with van der Waals surface area (Å²) in [5.41, 5.74) is 3.40. The highest BCUT2D eigenvalue weighted by Gasteiger charge is 2.43. The van der Waals surface area contributed by atoms with Gasteiger partial charge in [-0.15, -0.1) is 5.54 Å². The van der Waals surface area contributed by atoms with Crippen molar-refractivity contribution in [2.45, 2.75) is 142 Å². The Bertz CT molecular complexity index is 690. The molecule has 0 bridgehead atoms. The Morgan fingerprint density at radius 1 is 0.758 bits per heavy atom. The minimum Gasteiger partial charge on any atom is -0.411 e. The summed E-state index contributed by atoms with van der Waals surface area (Å²) in [5, 5.41) is 0.330. The van der Waals surface area contributed by atoms with Crippen LogP contribution in [0.5, 0.6) is 0 Å². The van der Waals surface area contributed by atoms with E-state index in [1.54, 1.807) is 0 Å². The first-order chi connectivity index (χ1) is 14.7. The van der Waals surface area contributed by atoms with Crippen molar-refractivity contribution in [1.29, 1.82) is 0 Å². The summed E-state index contributed by atoms with van der Waals surface area (Å²) < 4.78 is 14.0. The number of hydrogen-bond acceptors (Lipinski definition) is 2. The summed E-state index contributed by atoms with van der Waals surface area (Å²) in [6.07, 6.45) is 13.1. The van der Waals surface area contributed by atoms with E-state index in [0.29, 0.717) is 0 Å². The van der Waals surface area contributed by atoms with Crippen molar-refractivity contribution in [2.75, 3.05) is 0 Å². The predicted molar refractivity (Wildman–Crippen MR) is 158 cm³/mol. The Kier molecular flexibility index (Phi) is 12.9. The van der Waals surface area contributed by atoms with Gasteiger partial charge < -0.3 is 8.85 Å². The van der Waals surface area contributed by atoms with Gasteiger partial charge in [0.25, 0.3) is 0 Å². The van der Waals surface area contributed by atoms with E-state index in [9.17, 15) is 0 Å². The zero-order valence-electron chi connectivity index (χ0n) is 24.6. The van der Waals surface area contributed by atoms with Gasteiger partial charge in [0.15, 0.2) is 16.6 Å². The lowest BCUT2D eigenvalue weighted by atomic mass is 10.1. The van der Waals surface area contributed by atoms with E-state index in [0.717, 1.165) is 6.42 Å². The maximum Gasteiger partial charge on any atom is 0.193 e. The molecular weight excluding hydrogens is 453 g/mol. The molecule has 0 aliphatic rings. The Labute approximate surface area is 211 Å². The third-order valence-electron chi connectivity index (χ3n) is 6.99. The summed E-state index contributed by atoms with van der Waals surface area (Å²) in [7, 11) is -5.23. The molecule has 0 aliphatic carbocycles. The molecule has 0 amide bonds. The number of hydrogen-bond donors (Lipinski definition) is 0. The van der Waals surface area contributed by atoms with Crippen LogP contribution in [0.2, 0.25) is 55.9 Å². The van der Waals surface area contributed by atoms with E-state index < -0.39 is 24.7 Å². The normalized spacial score (nSPS) is 16.2. The Morgan fingerprint density at radius 2 is 1.27 bits per heavy atom. The molecule has 0 radical (unpaired) electrons. The van der Waals surface area contributed by atoms with Crippen LogP contribution in [-0.2, 0) is 8.85 Å². The molecule has 0 aliphatic heterocycles. The predicted octanol–water partition coefficient (Wildman–Crippen LogP) is 9.34. The molecule has 0 aromatic carbocycles. The van der Waals surface area contributed by atoms with Crippen LogP contribution in [0.15, 0.2) is 24.3 Å². The molecular formula is C28H56O2Si3. The van der Waals surface area contributed by atoms with Crippen molar-refractivity contribution in [3.8, 4) is 11.5 Å². The first-order valence-corrected chi connectivity index (χ1v) is 22.3. The number of unbranched alkanes of at least 4 members (excludes halogenated alkanes) is 2. The van der Waals surface area contributed by atoms with Gasteiger partial charge in [-0.2, -0.15) is 0 Å². The van der Waals surface area contributed by atoms with E-state index in [-0.39, 0.29) is 22.3 Å². The summed E-state index contributed by atoms with van der Waals surface area (Å²) in [5.74, 6) is 3.22. The summed E-state index contributed by atoms with van der Waals surface area (Å²) >= 11 is 0. The van der Waals surface area contributed by atoms with Gasteiger partial charge in [0.1, 0.15) is 8.07 Å². The van der Waals surface area contributed by atoms with Crippen molar-refractivity contribution in [2.24, 2.45) is 0 Å². The van der Waals surface area contributed by atoms with Crippen LogP contribution in [0.25, 0.3) is 0 Å². The summed E-state index contributed by atoms with van der Waals surface area (Å²) in [6, 6.07) is 0. The molecule has 0 spiro atoms. The SMILES string of the molecule is CCCCC[C@H](O[Si](C)(C)C(C)(C)C)[C@@H](C=CC=CC#C[Si](C)(C)C)O[Si](C)(C)C(C)(C)C. The molecule has 5 heteroatoms. The van der Waals surface area contributed by atoms with Gasteiger partial charge in [-0.25, -0.2) is 0 Å². The fraction of sp³-hybridized carbons (Fsp3) is 0.786. The highest BCUT2D eigenvalue weighted by molar-refractivity contribution is 6.83.